The Labute approximate surface area is 128 Å². The number of fused-ring (bicyclic) bond motifs is 1. The number of primary amides is 1. The molecule has 0 saturated carbocycles. The zero-order valence-corrected chi connectivity index (χ0v) is 12.7. The summed E-state index contributed by atoms with van der Waals surface area (Å²) in [5, 5.41) is 3.40. The number of nitrogens with one attached hydrogen (secondary N) is 1. The third-order valence-electron chi connectivity index (χ3n) is 3.88. The number of carbonyl (C=O) groups excluding carboxylic acids is 1. The van der Waals surface area contributed by atoms with Gasteiger partial charge in [0.05, 0.1) is 0 Å². The van der Waals surface area contributed by atoms with Crippen LogP contribution in [0, 0.1) is 6.92 Å². The van der Waals surface area contributed by atoms with Crippen molar-refractivity contribution >= 4 is 23.4 Å². The lowest BCUT2D eigenvalue weighted by molar-refractivity contribution is -0.122. The fourth-order valence-electron chi connectivity index (χ4n) is 2.81. The second kappa shape index (κ2) is 5.45. The van der Waals surface area contributed by atoms with Crippen LogP contribution in [0.2, 0.25) is 0 Å². The number of rotatable bonds is 3. The van der Waals surface area contributed by atoms with Gasteiger partial charge in [0.1, 0.15) is 5.54 Å². The van der Waals surface area contributed by atoms with E-state index in [9.17, 15) is 4.79 Å². The quantitative estimate of drug-likeness (QED) is 0.914. The van der Waals surface area contributed by atoms with Gasteiger partial charge in [-0.15, -0.1) is 11.8 Å². The molecule has 3 rings (SSSR count). The number of aryl methyl sites for hydroxylation is 1. The number of hydrogen-bond acceptors (Lipinski definition) is 3. The molecule has 1 aliphatic rings. The highest BCUT2D eigenvalue weighted by Crippen LogP contribution is 2.42. The zero-order chi connectivity index (χ0) is 14.9. The SMILES string of the molecule is Cc1cccc(NC2(C(N)=O)CCSc3ccccc32)c1. The van der Waals surface area contributed by atoms with E-state index in [-0.39, 0.29) is 5.91 Å². The van der Waals surface area contributed by atoms with Crippen molar-refractivity contribution in [3.63, 3.8) is 0 Å². The monoisotopic (exact) mass is 298 g/mol. The van der Waals surface area contributed by atoms with E-state index >= 15 is 0 Å². The van der Waals surface area contributed by atoms with E-state index < -0.39 is 5.54 Å². The summed E-state index contributed by atoms with van der Waals surface area (Å²) in [5.74, 6) is 0.551. The molecular weight excluding hydrogens is 280 g/mol. The summed E-state index contributed by atoms with van der Waals surface area (Å²) < 4.78 is 0. The molecule has 1 aliphatic heterocycles. The lowest BCUT2D eigenvalue weighted by Crippen LogP contribution is -2.49. The lowest BCUT2D eigenvalue weighted by Gasteiger charge is -2.37. The number of thioether (sulfide) groups is 1. The fraction of sp³-hybridized carbons (Fsp3) is 0.235. The lowest BCUT2D eigenvalue weighted by atomic mass is 9.85. The molecule has 0 aliphatic carbocycles. The Balaban J connectivity index is 2.08. The molecule has 1 heterocycles. The molecule has 0 radical (unpaired) electrons. The predicted octanol–water partition coefficient (Wildman–Crippen LogP) is 3.28. The minimum absolute atomic E-state index is 0.322. The van der Waals surface area contributed by atoms with Gasteiger partial charge >= 0.3 is 0 Å². The number of hydrogen-bond donors (Lipinski definition) is 2. The maximum Gasteiger partial charge on any atom is 0.247 e. The van der Waals surface area contributed by atoms with Crippen molar-refractivity contribution in [2.75, 3.05) is 11.1 Å². The molecule has 0 spiro atoms. The maximum absolute atomic E-state index is 12.3. The van der Waals surface area contributed by atoms with E-state index in [1.807, 2.05) is 49.4 Å². The van der Waals surface area contributed by atoms with Crippen LogP contribution in [0.15, 0.2) is 53.4 Å². The van der Waals surface area contributed by atoms with E-state index in [2.05, 4.69) is 11.4 Å². The van der Waals surface area contributed by atoms with Gasteiger partial charge in [-0.1, -0.05) is 30.3 Å². The van der Waals surface area contributed by atoms with Gasteiger partial charge < -0.3 is 11.1 Å². The largest absolute Gasteiger partial charge is 0.368 e. The molecule has 2 aromatic carbocycles. The normalized spacial score (nSPS) is 20.6. The molecule has 0 saturated heterocycles. The van der Waals surface area contributed by atoms with E-state index in [1.54, 1.807) is 11.8 Å². The Morgan fingerprint density at radius 2 is 2.05 bits per heavy atom. The smallest absolute Gasteiger partial charge is 0.247 e. The zero-order valence-electron chi connectivity index (χ0n) is 11.9. The summed E-state index contributed by atoms with van der Waals surface area (Å²) in [6.45, 7) is 2.03. The first-order valence-electron chi connectivity index (χ1n) is 6.99. The molecule has 3 N–H and O–H groups in total. The highest BCUT2D eigenvalue weighted by molar-refractivity contribution is 7.99. The highest BCUT2D eigenvalue weighted by Gasteiger charge is 2.42. The van der Waals surface area contributed by atoms with E-state index in [4.69, 9.17) is 5.73 Å². The molecule has 4 heteroatoms. The van der Waals surface area contributed by atoms with Crippen LogP contribution >= 0.6 is 11.8 Å². The van der Waals surface area contributed by atoms with Crippen molar-refractivity contribution in [2.24, 2.45) is 5.73 Å². The summed E-state index contributed by atoms with van der Waals surface area (Å²) in [6, 6.07) is 16.0. The van der Waals surface area contributed by atoms with E-state index in [1.165, 1.54) is 0 Å². The van der Waals surface area contributed by atoms with Gasteiger partial charge in [0.15, 0.2) is 0 Å². The summed E-state index contributed by atoms with van der Waals surface area (Å²) in [5.41, 5.74) is 8.03. The Morgan fingerprint density at radius 1 is 1.24 bits per heavy atom. The van der Waals surface area contributed by atoms with Crippen molar-refractivity contribution in [2.45, 2.75) is 23.8 Å². The van der Waals surface area contributed by atoms with Gasteiger partial charge in [0.25, 0.3) is 0 Å². The third-order valence-corrected chi connectivity index (χ3v) is 4.95. The summed E-state index contributed by atoms with van der Waals surface area (Å²) >= 11 is 1.77. The minimum atomic E-state index is -0.824. The molecule has 1 unspecified atom stereocenters. The van der Waals surface area contributed by atoms with Gasteiger partial charge in [0, 0.05) is 21.9 Å². The van der Waals surface area contributed by atoms with Crippen LogP contribution in [0.1, 0.15) is 17.5 Å². The fourth-order valence-corrected chi connectivity index (χ4v) is 4.01. The molecule has 0 fully saturated rings. The van der Waals surface area contributed by atoms with E-state index in [0.717, 1.165) is 27.5 Å². The highest BCUT2D eigenvalue weighted by atomic mass is 32.2. The van der Waals surface area contributed by atoms with Crippen LogP contribution in [-0.4, -0.2) is 11.7 Å². The summed E-state index contributed by atoms with van der Waals surface area (Å²) in [7, 11) is 0. The Hall–Kier alpha value is -1.94. The Bertz CT molecular complexity index is 686. The molecule has 3 nitrogen and oxygen atoms in total. The maximum atomic E-state index is 12.3. The number of nitrogens with two attached hydrogens (primary N) is 1. The number of anilines is 1. The number of benzene rings is 2. The topological polar surface area (TPSA) is 55.1 Å². The Morgan fingerprint density at radius 3 is 2.81 bits per heavy atom. The summed E-state index contributed by atoms with van der Waals surface area (Å²) in [6.07, 6.45) is 0.692. The van der Waals surface area contributed by atoms with Gasteiger partial charge in [-0.2, -0.15) is 0 Å². The van der Waals surface area contributed by atoms with Crippen molar-refractivity contribution in [3.8, 4) is 0 Å². The van der Waals surface area contributed by atoms with Crippen molar-refractivity contribution in [3.05, 3.63) is 59.7 Å². The molecule has 0 aromatic heterocycles. The van der Waals surface area contributed by atoms with Crippen molar-refractivity contribution in [1.29, 1.82) is 0 Å². The van der Waals surface area contributed by atoms with Gasteiger partial charge in [0.2, 0.25) is 5.91 Å². The standard InChI is InChI=1S/C17H18N2OS/c1-12-5-4-6-13(11-12)19-17(16(18)20)9-10-21-15-8-3-2-7-14(15)17/h2-8,11,19H,9-10H2,1H3,(H2,18,20). The van der Waals surface area contributed by atoms with Crippen molar-refractivity contribution < 1.29 is 4.79 Å². The second-order valence-corrected chi connectivity index (χ2v) is 6.50. The minimum Gasteiger partial charge on any atom is -0.368 e. The van der Waals surface area contributed by atoms with Crippen LogP contribution in [0.3, 0.4) is 0 Å². The molecule has 0 bridgehead atoms. The van der Waals surface area contributed by atoms with Crippen LogP contribution < -0.4 is 11.1 Å². The predicted molar refractivity (Wildman–Crippen MR) is 87.5 cm³/mol. The average molecular weight is 298 g/mol. The van der Waals surface area contributed by atoms with Crippen LogP contribution in [0.25, 0.3) is 0 Å². The van der Waals surface area contributed by atoms with Crippen LogP contribution in [0.4, 0.5) is 5.69 Å². The Kier molecular flexibility index (Phi) is 3.64. The number of amides is 1. The first-order valence-corrected chi connectivity index (χ1v) is 7.97. The third kappa shape index (κ3) is 2.51. The van der Waals surface area contributed by atoms with Crippen molar-refractivity contribution in [1.82, 2.24) is 0 Å². The number of carbonyl (C=O) groups is 1. The summed E-state index contributed by atoms with van der Waals surface area (Å²) in [4.78, 5) is 13.4. The van der Waals surface area contributed by atoms with Gasteiger partial charge in [-0.05, 0) is 37.1 Å². The first kappa shape index (κ1) is 14.0. The molecular formula is C17H18N2OS. The molecule has 1 amide bonds. The van der Waals surface area contributed by atoms with Crippen LogP contribution in [0.5, 0.6) is 0 Å². The van der Waals surface area contributed by atoms with E-state index in [0.29, 0.717) is 6.42 Å². The molecule has 108 valence electrons. The molecule has 2 aromatic rings. The van der Waals surface area contributed by atoms with Crippen LogP contribution in [-0.2, 0) is 10.3 Å². The second-order valence-electron chi connectivity index (χ2n) is 5.36. The van der Waals surface area contributed by atoms with Gasteiger partial charge in [-0.25, -0.2) is 0 Å². The first-order chi connectivity index (χ1) is 10.1. The molecule has 21 heavy (non-hydrogen) atoms. The molecule has 1 atom stereocenters. The average Bonchev–Trinajstić information content (AvgIpc) is 2.47. The van der Waals surface area contributed by atoms with Gasteiger partial charge in [-0.3, -0.25) is 4.79 Å².